The third-order valence-corrected chi connectivity index (χ3v) is 7.54. The quantitative estimate of drug-likeness (QED) is 0.512. The molecule has 0 heterocycles. The molecule has 0 N–H and O–H groups in total. The first-order chi connectivity index (χ1) is 9.13. The fraction of sp³-hybridized carbons (Fsp3) is 0.789. The van der Waals surface area contributed by atoms with Gasteiger partial charge in [-0.25, -0.2) is 0 Å². The number of rotatable bonds is 0. The average Bonchev–Trinajstić information content (AvgIpc) is 2.79. The van der Waals surface area contributed by atoms with E-state index in [1.807, 2.05) is 0 Å². The minimum Gasteiger partial charge on any atom is -0.0882 e. The standard InChI is InChI=1S/C19H28/c1-18-11-5-7-16(18)15-9-8-14-6-3-4-12-19(14,2)17(15)10-13-18/h3-5,11,14-17H,6-10,12-13H2,1-2H3/t14?,15-,16-,17-,18-,19-/m0/s1. The Bertz CT molecular complexity index is 431. The molecule has 0 saturated heterocycles. The van der Waals surface area contributed by atoms with Crippen molar-refractivity contribution in [3.63, 3.8) is 0 Å². The maximum absolute atomic E-state index is 2.63. The average molecular weight is 256 g/mol. The van der Waals surface area contributed by atoms with Gasteiger partial charge in [0.25, 0.3) is 0 Å². The second kappa shape index (κ2) is 3.99. The van der Waals surface area contributed by atoms with Gasteiger partial charge in [-0.2, -0.15) is 0 Å². The normalized spacial score (nSPS) is 55.5. The van der Waals surface area contributed by atoms with Crippen LogP contribution in [0, 0.1) is 34.5 Å². The summed E-state index contributed by atoms with van der Waals surface area (Å²) in [7, 11) is 0. The maximum atomic E-state index is 2.63. The molecule has 1 unspecified atom stereocenters. The fourth-order valence-electron chi connectivity index (χ4n) is 6.32. The lowest BCUT2D eigenvalue weighted by atomic mass is 9.46. The van der Waals surface area contributed by atoms with E-state index in [1.165, 1.54) is 44.9 Å². The Morgan fingerprint density at radius 2 is 1.79 bits per heavy atom. The maximum Gasteiger partial charge on any atom is -0.0112 e. The van der Waals surface area contributed by atoms with E-state index in [1.54, 1.807) is 0 Å². The van der Waals surface area contributed by atoms with Crippen LogP contribution in [0.5, 0.6) is 0 Å². The van der Waals surface area contributed by atoms with Gasteiger partial charge in [-0.15, -0.1) is 0 Å². The molecular formula is C19H28. The van der Waals surface area contributed by atoms with Crippen molar-refractivity contribution in [3.8, 4) is 0 Å². The van der Waals surface area contributed by atoms with Gasteiger partial charge in [0, 0.05) is 0 Å². The molecule has 0 heteroatoms. The first-order valence-corrected chi connectivity index (χ1v) is 8.46. The van der Waals surface area contributed by atoms with Crippen LogP contribution in [0.3, 0.4) is 0 Å². The lowest BCUT2D eigenvalue weighted by molar-refractivity contribution is -0.0801. The highest BCUT2D eigenvalue weighted by atomic mass is 14.6. The Hall–Kier alpha value is -0.520. The second-order valence-corrected chi connectivity index (χ2v) is 8.25. The minimum atomic E-state index is 0.550. The number of allylic oxidation sites excluding steroid dienone is 4. The third-order valence-electron chi connectivity index (χ3n) is 7.54. The van der Waals surface area contributed by atoms with Crippen molar-refractivity contribution in [2.45, 2.75) is 58.8 Å². The molecule has 0 radical (unpaired) electrons. The summed E-state index contributed by atoms with van der Waals surface area (Å²) in [5, 5.41) is 0. The first-order valence-electron chi connectivity index (χ1n) is 8.46. The Morgan fingerprint density at radius 3 is 2.68 bits per heavy atom. The van der Waals surface area contributed by atoms with Crippen LogP contribution < -0.4 is 0 Å². The smallest absolute Gasteiger partial charge is 0.0112 e. The van der Waals surface area contributed by atoms with Gasteiger partial charge in [0.2, 0.25) is 0 Å². The van der Waals surface area contributed by atoms with Gasteiger partial charge < -0.3 is 0 Å². The van der Waals surface area contributed by atoms with Crippen LogP contribution in [-0.2, 0) is 0 Å². The van der Waals surface area contributed by atoms with Gasteiger partial charge in [0.1, 0.15) is 0 Å². The van der Waals surface area contributed by atoms with Gasteiger partial charge in [0.05, 0.1) is 0 Å². The minimum absolute atomic E-state index is 0.550. The largest absolute Gasteiger partial charge is 0.0882 e. The van der Waals surface area contributed by atoms with Gasteiger partial charge in [-0.1, -0.05) is 38.2 Å². The molecule has 0 nitrogen and oxygen atoms in total. The molecule has 6 atom stereocenters. The summed E-state index contributed by atoms with van der Waals surface area (Å²) in [6.45, 7) is 5.16. The van der Waals surface area contributed by atoms with Crippen molar-refractivity contribution in [1.82, 2.24) is 0 Å². The number of hydrogen-bond acceptors (Lipinski definition) is 0. The molecule has 0 aliphatic heterocycles. The lowest BCUT2D eigenvalue weighted by Gasteiger charge is -2.59. The molecule has 0 bridgehead atoms. The SMILES string of the molecule is C[C@@]12C=CC[C@H]1[C@@H]1CCC3CC=CC[C@]3(C)[C@H]1CC2. The van der Waals surface area contributed by atoms with Crippen molar-refractivity contribution in [2.24, 2.45) is 34.5 Å². The number of fused-ring (bicyclic) bond motifs is 5. The van der Waals surface area contributed by atoms with Crippen LogP contribution in [0.2, 0.25) is 0 Å². The summed E-state index contributed by atoms with van der Waals surface area (Å²) in [6, 6.07) is 0. The van der Waals surface area contributed by atoms with Crippen LogP contribution in [-0.4, -0.2) is 0 Å². The van der Waals surface area contributed by atoms with Crippen LogP contribution >= 0.6 is 0 Å². The Labute approximate surface area is 118 Å². The number of hydrogen-bond donors (Lipinski definition) is 0. The molecule has 2 fully saturated rings. The molecular weight excluding hydrogens is 228 g/mol. The van der Waals surface area contributed by atoms with E-state index in [0.29, 0.717) is 10.8 Å². The summed E-state index contributed by atoms with van der Waals surface area (Å²) in [6.07, 6.45) is 20.0. The predicted molar refractivity (Wildman–Crippen MR) is 80.8 cm³/mol. The second-order valence-electron chi connectivity index (χ2n) is 8.25. The van der Waals surface area contributed by atoms with Crippen molar-refractivity contribution < 1.29 is 0 Å². The van der Waals surface area contributed by atoms with Crippen LogP contribution in [0.15, 0.2) is 24.3 Å². The van der Waals surface area contributed by atoms with Gasteiger partial charge in [-0.3, -0.25) is 0 Å². The molecule has 0 spiro atoms. The van der Waals surface area contributed by atoms with Crippen LogP contribution in [0.1, 0.15) is 58.8 Å². The van der Waals surface area contributed by atoms with Crippen LogP contribution in [0.25, 0.3) is 0 Å². The van der Waals surface area contributed by atoms with Gasteiger partial charge in [0.15, 0.2) is 0 Å². The fourth-order valence-corrected chi connectivity index (χ4v) is 6.32. The zero-order chi connectivity index (χ0) is 13.1. The molecule has 0 aromatic heterocycles. The van der Waals surface area contributed by atoms with Crippen molar-refractivity contribution >= 4 is 0 Å². The van der Waals surface area contributed by atoms with E-state index in [2.05, 4.69) is 38.2 Å². The summed E-state index contributed by atoms with van der Waals surface area (Å²) in [5.74, 6) is 3.98. The van der Waals surface area contributed by atoms with E-state index in [0.717, 1.165) is 23.7 Å². The summed E-state index contributed by atoms with van der Waals surface area (Å²) in [4.78, 5) is 0. The molecule has 104 valence electrons. The highest BCUT2D eigenvalue weighted by Crippen LogP contribution is 2.64. The highest BCUT2D eigenvalue weighted by molar-refractivity contribution is 5.17. The Balaban J connectivity index is 1.67. The molecule has 4 aliphatic carbocycles. The molecule has 4 aliphatic rings. The highest BCUT2D eigenvalue weighted by Gasteiger charge is 2.55. The molecule has 2 saturated carbocycles. The Morgan fingerprint density at radius 1 is 0.895 bits per heavy atom. The van der Waals surface area contributed by atoms with Crippen molar-refractivity contribution in [2.75, 3.05) is 0 Å². The van der Waals surface area contributed by atoms with Crippen molar-refractivity contribution in [1.29, 1.82) is 0 Å². The predicted octanol–water partition coefficient (Wildman–Crippen LogP) is 5.36. The zero-order valence-electron chi connectivity index (χ0n) is 12.6. The Kier molecular flexibility index (Phi) is 2.57. The zero-order valence-corrected chi connectivity index (χ0v) is 12.6. The molecule has 0 amide bonds. The van der Waals surface area contributed by atoms with E-state index in [9.17, 15) is 0 Å². The van der Waals surface area contributed by atoms with Crippen LogP contribution in [0.4, 0.5) is 0 Å². The monoisotopic (exact) mass is 256 g/mol. The van der Waals surface area contributed by atoms with E-state index >= 15 is 0 Å². The molecule has 4 rings (SSSR count). The van der Waals surface area contributed by atoms with Gasteiger partial charge >= 0.3 is 0 Å². The topological polar surface area (TPSA) is 0 Å². The van der Waals surface area contributed by atoms with E-state index in [4.69, 9.17) is 0 Å². The molecule has 0 aromatic rings. The van der Waals surface area contributed by atoms with E-state index < -0.39 is 0 Å². The summed E-state index contributed by atoms with van der Waals surface area (Å²) >= 11 is 0. The lowest BCUT2D eigenvalue weighted by Crippen LogP contribution is -2.51. The van der Waals surface area contributed by atoms with Crippen molar-refractivity contribution in [3.05, 3.63) is 24.3 Å². The summed E-state index contributed by atoms with van der Waals surface area (Å²) in [5.41, 5.74) is 1.18. The molecule has 0 aromatic carbocycles. The van der Waals surface area contributed by atoms with Gasteiger partial charge in [-0.05, 0) is 79.4 Å². The third kappa shape index (κ3) is 1.58. The molecule has 19 heavy (non-hydrogen) atoms. The first kappa shape index (κ1) is 12.2. The summed E-state index contributed by atoms with van der Waals surface area (Å²) < 4.78 is 0. The van der Waals surface area contributed by atoms with E-state index in [-0.39, 0.29) is 0 Å².